The molecule has 0 bridgehead atoms. The van der Waals surface area contributed by atoms with Gasteiger partial charge in [-0.2, -0.15) is 0 Å². The molecule has 0 aromatic heterocycles. The predicted octanol–water partition coefficient (Wildman–Crippen LogP) is 3.13. The Balaban J connectivity index is 2.31. The van der Waals surface area contributed by atoms with Crippen LogP contribution in [-0.2, 0) is 0 Å². The molecule has 0 heterocycles. The zero-order valence-corrected chi connectivity index (χ0v) is 11.3. The highest BCUT2D eigenvalue weighted by Gasteiger charge is 2.18. The summed E-state index contributed by atoms with van der Waals surface area (Å²) in [6.07, 6.45) is 0. The maximum atomic E-state index is 13.1. The van der Waals surface area contributed by atoms with Crippen molar-refractivity contribution < 1.29 is 23.2 Å². The van der Waals surface area contributed by atoms with Crippen molar-refractivity contribution in [3.05, 3.63) is 63.7 Å². The Bertz CT molecular complexity index is 750. The molecule has 0 unspecified atom stereocenters. The van der Waals surface area contributed by atoms with Crippen LogP contribution in [0.25, 0.3) is 0 Å². The van der Waals surface area contributed by atoms with Crippen LogP contribution in [0.4, 0.5) is 20.2 Å². The van der Waals surface area contributed by atoms with E-state index < -0.39 is 22.5 Å². The average molecular weight is 308 g/mol. The van der Waals surface area contributed by atoms with Gasteiger partial charge in [0.25, 0.3) is 11.6 Å². The molecule has 0 saturated heterocycles. The van der Waals surface area contributed by atoms with Gasteiger partial charge in [0.2, 0.25) is 0 Å². The topological polar surface area (TPSA) is 81.5 Å². The Morgan fingerprint density at radius 2 is 1.91 bits per heavy atom. The van der Waals surface area contributed by atoms with Crippen molar-refractivity contribution in [2.45, 2.75) is 0 Å². The van der Waals surface area contributed by atoms with Gasteiger partial charge in [0.05, 0.1) is 18.1 Å². The fourth-order valence-electron chi connectivity index (χ4n) is 1.73. The lowest BCUT2D eigenvalue weighted by atomic mass is 10.2. The molecule has 1 amide bonds. The predicted molar refractivity (Wildman–Crippen MR) is 74.0 cm³/mol. The molecule has 0 atom stereocenters. The largest absolute Gasteiger partial charge is 0.496 e. The Morgan fingerprint density at radius 1 is 1.18 bits per heavy atom. The van der Waals surface area contributed by atoms with Gasteiger partial charge in [-0.25, -0.2) is 8.78 Å². The second-order valence-electron chi connectivity index (χ2n) is 4.22. The van der Waals surface area contributed by atoms with Crippen molar-refractivity contribution >= 4 is 17.3 Å². The van der Waals surface area contributed by atoms with E-state index in [1.54, 1.807) is 0 Å². The summed E-state index contributed by atoms with van der Waals surface area (Å²) in [5.74, 6) is -2.83. The summed E-state index contributed by atoms with van der Waals surface area (Å²) in [5, 5.41) is 13.3. The Kier molecular flexibility index (Phi) is 4.31. The number of hydrogen-bond acceptors (Lipinski definition) is 4. The lowest BCUT2D eigenvalue weighted by Gasteiger charge is -2.08. The summed E-state index contributed by atoms with van der Waals surface area (Å²) in [6, 6.07) is 6.43. The third-order valence-corrected chi connectivity index (χ3v) is 2.83. The Labute approximate surface area is 123 Å². The normalized spacial score (nSPS) is 10.1. The molecule has 0 aliphatic heterocycles. The maximum Gasteiger partial charge on any atom is 0.296 e. The minimum Gasteiger partial charge on any atom is -0.496 e. The average Bonchev–Trinajstić information content (AvgIpc) is 2.50. The zero-order chi connectivity index (χ0) is 16.3. The minimum absolute atomic E-state index is 0.0828. The molecule has 1 N–H and O–H groups in total. The second-order valence-corrected chi connectivity index (χ2v) is 4.22. The molecule has 0 aliphatic rings. The van der Waals surface area contributed by atoms with E-state index >= 15 is 0 Å². The summed E-state index contributed by atoms with van der Waals surface area (Å²) >= 11 is 0. The number of nitrogens with one attached hydrogen (secondary N) is 1. The summed E-state index contributed by atoms with van der Waals surface area (Å²) < 4.78 is 30.8. The number of nitro groups is 1. The van der Waals surface area contributed by atoms with E-state index in [2.05, 4.69) is 5.32 Å². The van der Waals surface area contributed by atoms with E-state index in [1.165, 1.54) is 19.2 Å². The highest BCUT2D eigenvalue weighted by atomic mass is 19.2. The number of amides is 1. The van der Waals surface area contributed by atoms with Crippen LogP contribution in [0.3, 0.4) is 0 Å². The molecule has 0 aliphatic carbocycles. The molecule has 6 nitrogen and oxygen atoms in total. The lowest BCUT2D eigenvalue weighted by molar-refractivity contribution is -0.384. The van der Waals surface area contributed by atoms with Crippen LogP contribution in [0.1, 0.15) is 10.4 Å². The lowest BCUT2D eigenvalue weighted by Crippen LogP contribution is -2.13. The molecule has 2 aromatic rings. The van der Waals surface area contributed by atoms with E-state index in [-0.39, 0.29) is 22.7 Å². The summed E-state index contributed by atoms with van der Waals surface area (Å²) in [6.45, 7) is 0. The standard InChI is InChI=1S/C14H10F2N2O4/c1-22-9-3-5-12(13(7-9)18(20)21)17-14(19)8-2-4-10(15)11(16)6-8/h2-7H,1H3,(H,17,19). The van der Waals surface area contributed by atoms with Crippen LogP contribution in [0.2, 0.25) is 0 Å². The smallest absolute Gasteiger partial charge is 0.296 e. The van der Waals surface area contributed by atoms with E-state index in [4.69, 9.17) is 4.74 Å². The molecule has 0 spiro atoms. The third-order valence-electron chi connectivity index (χ3n) is 2.83. The van der Waals surface area contributed by atoms with Gasteiger partial charge in [-0.05, 0) is 30.3 Å². The number of ether oxygens (including phenoxy) is 1. The van der Waals surface area contributed by atoms with Crippen molar-refractivity contribution in [3.63, 3.8) is 0 Å². The molecule has 114 valence electrons. The number of halogens is 2. The first-order chi connectivity index (χ1) is 10.4. The first-order valence-electron chi connectivity index (χ1n) is 6.01. The summed E-state index contributed by atoms with van der Waals surface area (Å²) in [5.41, 5.74) is -0.625. The molecule has 0 saturated carbocycles. The van der Waals surface area contributed by atoms with Crippen molar-refractivity contribution in [2.24, 2.45) is 0 Å². The number of benzene rings is 2. The van der Waals surface area contributed by atoms with Crippen molar-refractivity contribution in [1.29, 1.82) is 0 Å². The first-order valence-corrected chi connectivity index (χ1v) is 6.01. The van der Waals surface area contributed by atoms with Crippen LogP contribution in [0.15, 0.2) is 36.4 Å². The summed E-state index contributed by atoms with van der Waals surface area (Å²) in [4.78, 5) is 22.3. The number of nitrogens with zero attached hydrogens (tertiary/aromatic N) is 1. The number of methoxy groups -OCH3 is 1. The van der Waals surface area contributed by atoms with E-state index in [1.807, 2.05) is 0 Å². The fraction of sp³-hybridized carbons (Fsp3) is 0.0714. The number of carbonyl (C=O) groups excluding carboxylic acids is 1. The molecule has 22 heavy (non-hydrogen) atoms. The Hall–Kier alpha value is -3.03. The van der Waals surface area contributed by atoms with Gasteiger partial charge in [-0.15, -0.1) is 0 Å². The second kappa shape index (κ2) is 6.17. The number of anilines is 1. The molecular formula is C14H10F2N2O4. The SMILES string of the molecule is COc1ccc(NC(=O)c2ccc(F)c(F)c2)c([N+](=O)[O-])c1. The van der Waals surface area contributed by atoms with Gasteiger partial charge in [0.15, 0.2) is 11.6 Å². The maximum absolute atomic E-state index is 13.1. The quantitative estimate of drug-likeness (QED) is 0.695. The molecule has 0 radical (unpaired) electrons. The first kappa shape index (κ1) is 15.4. The van der Waals surface area contributed by atoms with Gasteiger partial charge in [-0.1, -0.05) is 0 Å². The van der Waals surface area contributed by atoms with Gasteiger partial charge in [0.1, 0.15) is 11.4 Å². The minimum atomic E-state index is -1.18. The molecule has 8 heteroatoms. The zero-order valence-electron chi connectivity index (χ0n) is 11.3. The van der Waals surface area contributed by atoms with Gasteiger partial charge in [0, 0.05) is 5.56 Å². The van der Waals surface area contributed by atoms with Crippen LogP contribution in [-0.4, -0.2) is 17.9 Å². The van der Waals surface area contributed by atoms with Crippen molar-refractivity contribution in [1.82, 2.24) is 0 Å². The van der Waals surface area contributed by atoms with Gasteiger partial charge in [-0.3, -0.25) is 14.9 Å². The number of hydrogen-bond donors (Lipinski definition) is 1. The number of nitro benzene ring substituents is 1. The van der Waals surface area contributed by atoms with E-state index in [0.29, 0.717) is 6.07 Å². The molecule has 2 rings (SSSR count). The fourth-order valence-corrected chi connectivity index (χ4v) is 1.73. The highest BCUT2D eigenvalue weighted by Crippen LogP contribution is 2.29. The summed E-state index contributed by atoms with van der Waals surface area (Å²) in [7, 11) is 1.35. The molecule has 2 aromatic carbocycles. The Morgan fingerprint density at radius 3 is 2.50 bits per heavy atom. The van der Waals surface area contributed by atoms with Crippen LogP contribution >= 0.6 is 0 Å². The number of carbonyl (C=O) groups is 1. The molecular weight excluding hydrogens is 298 g/mol. The van der Waals surface area contributed by atoms with E-state index in [9.17, 15) is 23.7 Å². The van der Waals surface area contributed by atoms with Gasteiger partial charge >= 0.3 is 0 Å². The monoisotopic (exact) mass is 308 g/mol. The van der Waals surface area contributed by atoms with Crippen molar-refractivity contribution in [2.75, 3.05) is 12.4 Å². The van der Waals surface area contributed by atoms with E-state index in [0.717, 1.165) is 18.2 Å². The van der Waals surface area contributed by atoms with Gasteiger partial charge < -0.3 is 10.1 Å². The van der Waals surface area contributed by atoms with Crippen LogP contribution in [0, 0.1) is 21.7 Å². The molecule has 0 fully saturated rings. The number of rotatable bonds is 4. The van der Waals surface area contributed by atoms with Crippen LogP contribution in [0.5, 0.6) is 5.75 Å². The van der Waals surface area contributed by atoms with Crippen LogP contribution < -0.4 is 10.1 Å². The highest BCUT2D eigenvalue weighted by molar-refractivity contribution is 6.05. The van der Waals surface area contributed by atoms with Crippen molar-refractivity contribution in [3.8, 4) is 5.75 Å². The third kappa shape index (κ3) is 3.17.